The largest absolute Gasteiger partial charge is 0.323 e. The van der Waals surface area contributed by atoms with Gasteiger partial charge in [0.2, 0.25) is 5.96 Å². The summed E-state index contributed by atoms with van der Waals surface area (Å²) >= 11 is 9.16. The smallest absolute Gasteiger partial charge is 0.210 e. The van der Waals surface area contributed by atoms with Gasteiger partial charge in [0, 0.05) is 4.47 Å². The third kappa shape index (κ3) is 3.31. The van der Waals surface area contributed by atoms with Gasteiger partial charge in [0.05, 0.1) is 16.8 Å². The topological polar surface area (TPSA) is 62.4 Å². The predicted molar refractivity (Wildman–Crippen MR) is 70.5 cm³/mol. The third-order valence-electron chi connectivity index (χ3n) is 2.25. The molecule has 0 spiro atoms. The second-order valence-electron chi connectivity index (χ2n) is 3.72. The van der Waals surface area contributed by atoms with E-state index in [0.717, 1.165) is 12.8 Å². The number of nitrogens with zero attached hydrogens (tertiary/aromatic N) is 1. The Balaban J connectivity index is 2.22. The van der Waals surface area contributed by atoms with Crippen LogP contribution >= 0.6 is 27.5 Å². The van der Waals surface area contributed by atoms with Gasteiger partial charge in [0.15, 0.2) is 0 Å². The number of hydrogen-bond acceptors (Lipinski definition) is 2. The van der Waals surface area contributed by atoms with E-state index < -0.39 is 5.82 Å². The van der Waals surface area contributed by atoms with E-state index in [4.69, 9.17) is 17.4 Å². The number of aliphatic imine (C=N–C) groups is 1. The lowest BCUT2D eigenvalue weighted by atomic mass is 10.3. The quantitative estimate of drug-likeness (QED) is 0.340. The fraction of sp³-hybridized carbons (Fsp3) is 0.300. The number of hydrazine groups is 1. The molecule has 0 unspecified atom stereocenters. The lowest BCUT2D eigenvalue weighted by Crippen LogP contribution is -2.36. The molecule has 1 saturated carbocycles. The molecule has 92 valence electrons. The molecule has 0 amide bonds. The van der Waals surface area contributed by atoms with E-state index in [1.54, 1.807) is 0 Å². The van der Waals surface area contributed by atoms with Crippen molar-refractivity contribution in [2.45, 2.75) is 18.9 Å². The highest BCUT2D eigenvalue weighted by Gasteiger charge is 2.21. The Morgan fingerprint density at radius 1 is 1.53 bits per heavy atom. The lowest BCUT2D eigenvalue weighted by molar-refractivity contribution is 0.627. The molecule has 2 rings (SSSR count). The van der Waals surface area contributed by atoms with E-state index in [2.05, 4.69) is 31.7 Å². The minimum absolute atomic E-state index is 0.260. The van der Waals surface area contributed by atoms with Crippen molar-refractivity contribution in [3.63, 3.8) is 0 Å². The molecule has 0 saturated heterocycles. The highest BCUT2D eigenvalue weighted by Crippen LogP contribution is 2.32. The van der Waals surface area contributed by atoms with Crippen LogP contribution in [-0.2, 0) is 0 Å². The summed E-state index contributed by atoms with van der Waals surface area (Å²) in [6, 6.07) is 2.85. The maximum absolute atomic E-state index is 13.0. The Morgan fingerprint density at radius 2 is 2.24 bits per heavy atom. The SMILES string of the molecule is NNC(=NC1CC1)Nc1c(Cl)cc(F)cc1Br. The standard InChI is InChI=1S/C10H11BrClFN4/c11-7-3-5(13)4-8(12)9(7)16-10(17-14)15-6-1-2-6/h3-4,6H,1-2,14H2,(H2,15,16,17). The summed E-state index contributed by atoms with van der Waals surface area (Å²) in [6.07, 6.45) is 2.12. The zero-order chi connectivity index (χ0) is 12.4. The Kier molecular flexibility index (Phi) is 3.86. The summed E-state index contributed by atoms with van der Waals surface area (Å²) in [5.41, 5.74) is 2.99. The van der Waals surface area contributed by atoms with Crippen LogP contribution in [0.5, 0.6) is 0 Å². The van der Waals surface area contributed by atoms with Crippen LogP contribution in [0.4, 0.5) is 10.1 Å². The van der Waals surface area contributed by atoms with Crippen molar-refractivity contribution in [3.8, 4) is 0 Å². The van der Waals surface area contributed by atoms with E-state index in [0.29, 0.717) is 22.2 Å². The molecule has 0 bridgehead atoms. The molecule has 0 radical (unpaired) electrons. The molecule has 0 aliphatic heterocycles. The molecule has 1 aliphatic carbocycles. The van der Waals surface area contributed by atoms with Gasteiger partial charge in [-0.25, -0.2) is 15.2 Å². The van der Waals surface area contributed by atoms with Gasteiger partial charge in [-0.05, 0) is 40.9 Å². The average Bonchev–Trinajstić information content (AvgIpc) is 3.05. The van der Waals surface area contributed by atoms with E-state index in [1.807, 2.05) is 0 Å². The first kappa shape index (κ1) is 12.6. The first-order chi connectivity index (χ1) is 8.10. The van der Waals surface area contributed by atoms with Gasteiger partial charge in [-0.1, -0.05) is 11.6 Å². The fourth-order valence-corrected chi connectivity index (χ4v) is 2.17. The second kappa shape index (κ2) is 5.20. The Labute approximate surface area is 112 Å². The van der Waals surface area contributed by atoms with E-state index in [1.165, 1.54) is 12.1 Å². The molecule has 0 aromatic heterocycles. The van der Waals surface area contributed by atoms with Gasteiger partial charge in [0.1, 0.15) is 5.82 Å². The van der Waals surface area contributed by atoms with E-state index in [9.17, 15) is 4.39 Å². The summed E-state index contributed by atoms with van der Waals surface area (Å²) in [7, 11) is 0. The molecule has 0 heterocycles. The molecule has 4 nitrogen and oxygen atoms in total. The highest BCUT2D eigenvalue weighted by molar-refractivity contribution is 9.10. The van der Waals surface area contributed by atoms with E-state index >= 15 is 0 Å². The molecule has 1 aliphatic rings. The Hall–Kier alpha value is -0.850. The predicted octanol–water partition coefficient (Wildman–Crippen LogP) is 2.64. The highest BCUT2D eigenvalue weighted by atomic mass is 79.9. The van der Waals surface area contributed by atoms with Crippen molar-refractivity contribution in [2.75, 3.05) is 5.32 Å². The summed E-state index contributed by atoms with van der Waals surface area (Å²) in [4.78, 5) is 4.30. The zero-order valence-electron chi connectivity index (χ0n) is 8.80. The zero-order valence-corrected chi connectivity index (χ0v) is 11.1. The molecule has 0 atom stereocenters. The van der Waals surface area contributed by atoms with Crippen molar-refractivity contribution in [2.24, 2.45) is 10.8 Å². The van der Waals surface area contributed by atoms with Crippen LogP contribution < -0.4 is 16.6 Å². The van der Waals surface area contributed by atoms with Gasteiger partial charge in [-0.2, -0.15) is 0 Å². The average molecular weight is 322 g/mol. The number of rotatable bonds is 2. The van der Waals surface area contributed by atoms with Crippen molar-refractivity contribution in [1.82, 2.24) is 5.43 Å². The van der Waals surface area contributed by atoms with Crippen LogP contribution in [0.15, 0.2) is 21.6 Å². The van der Waals surface area contributed by atoms with Crippen LogP contribution in [0, 0.1) is 5.82 Å². The number of anilines is 1. The molecule has 7 heteroatoms. The minimum Gasteiger partial charge on any atom is -0.323 e. The van der Waals surface area contributed by atoms with Crippen molar-refractivity contribution < 1.29 is 4.39 Å². The molecule has 4 N–H and O–H groups in total. The van der Waals surface area contributed by atoms with Crippen LogP contribution in [0.2, 0.25) is 5.02 Å². The number of nitrogens with one attached hydrogen (secondary N) is 2. The molecule has 1 aromatic carbocycles. The van der Waals surface area contributed by atoms with Gasteiger partial charge < -0.3 is 5.32 Å². The number of nitrogens with two attached hydrogens (primary N) is 1. The van der Waals surface area contributed by atoms with E-state index in [-0.39, 0.29) is 5.02 Å². The van der Waals surface area contributed by atoms with Crippen LogP contribution in [0.1, 0.15) is 12.8 Å². The van der Waals surface area contributed by atoms with Crippen molar-refractivity contribution in [1.29, 1.82) is 0 Å². The number of hydrogen-bond donors (Lipinski definition) is 3. The second-order valence-corrected chi connectivity index (χ2v) is 4.98. The van der Waals surface area contributed by atoms with Crippen LogP contribution in [0.3, 0.4) is 0 Å². The molecular weight excluding hydrogens is 310 g/mol. The number of benzene rings is 1. The van der Waals surface area contributed by atoms with Crippen LogP contribution in [-0.4, -0.2) is 12.0 Å². The third-order valence-corrected chi connectivity index (χ3v) is 3.17. The normalized spacial score (nSPS) is 15.9. The maximum Gasteiger partial charge on any atom is 0.210 e. The lowest BCUT2D eigenvalue weighted by Gasteiger charge is -2.12. The van der Waals surface area contributed by atoms with Crippen LogP contribution in [0.25, 0.3) is 0 Å². The first-order valence-corrected chi connectivity index (χ1v) is 6.23. The molecule has 1 fully saturated rings. The maximum atomic E-state index is 13.0. The van der Waals surface area contributed by atoms with Crippen molar-refractivity contribution >= 4 is 39.2 Å². The van der Waals surface area contributed by atoms with Crippen molar-refractivity contribution in [3.05, 3.63) is 27.4 Å². The summed E-state index contributed by atoms with van der Waals surface area (Å²) in [5, 5.41) is 3.19. The Bertz CT molecular complexity index is 439. The van der Waals surface area contributed by atoms with Gasteiger partial charge in [-0.15, -0.1) is 0 Å². The monoisotopic (exact) mass is 320 g/mol. The van der Waals surface area contributed by atoms with Gasteiger partial charge in [-0.3, -0.25) is 5.43 Å². The van der Waals surface area contributed by atoms with Gasteiger partial charge >= 0.3 is 0 Å². The first-order valence-electron chi connectivity index (χ1n) is 5.06. The number of guanidine groups is 1. The number of halogens is 3. The summed E-state index contributed by atoms with van der Waals surface area (Å²) < 4.78 is 13.6. The molecule has 17 heavy (non-hydrogen) atoms. The van der Waals surface area contributed by atoms with Gasteiger partial charge in [0.25, 0.3) is 0 Å². The molecule has 1 aromatic rings. The summed E-state index contributed by atoms with van der Waals surface area (Å²) in [6.45, 7) is 0. The minimum atomic E-state index is -0.409. The Morgan fingerprint density at radius 3 is 2.76 bits per heavy atom. The summed E-state index contributed by atoms with van der Waals surface area (Å²) in [5.74, 6) is 5.36. The fourth-order valence-electron chi connectivity index (χ4n) is 1.27. The molecular formula is C10H11BrClFN4.